The Bertz CT molecular complexity index is 640. The minimum absolute atomic E-state index is 0.147. The van der Waals surface area contributed by atoms with E-state index in [2.05, 4.69) is 0 Å². The molecule has 0 spiro atoms. The molecule has 0 unspecified atom stereocenters. The molecule has 0 fully saturated rings. The molecule has 21 heavy (non-hydrogen) atoms. The summed E-state index contributed by atoms with van der Waals surface area (Å²) in [6, 6.07) is 12.2. The van der Waals surface area contributed by atoms with Gasteiger partial charge in [0.2, 0.25) is 0 Å². The number of hydrogen-bond acceptors (Lipinski definition) is 5. The number of anilines is 1. The maximum Gasteiger partial charge on any atom is 0.342 e. The first kappa shape index (κ1) is 14.7. The summed E-state index contributed by atoms with van der Waals surface area (Å²) < 4.78 is 15.5. The van der Waals surface area contributed by atoms with Gasteiger partial charge in [-0.15, -0.1) is 0 Å². The number of hydrogen-bond donors (Lipinski definition) is 1. The number of carbonyl (C=O) groups is 1. The molecule has 0 aromatic heterocycles. The van der Waals surface area contributed by atoms with E-state index in [9.17, 15) is 4.79 Å². The van der Waals surface area contributed by atoms with Crippen LogP contribution in [0.15, 0.2) is 42.5 Å². The van der Waals surface area contributed by atoms with E-state index in [0.29, 0.717) is 22.7 Å². The Kier molecular flexibility index (Phi) is 4.66. The van der Waals surface area contributed by atoms with E-state index in [4.69, 9.17) is 19.9 Å². The average molecular weight is 287 g/mol. The van der Waals surface area contributed by atoms with Crippen molar-refractivity contribution in [2.24, 2.45) is 0 Å². The maximum absolute atomic E-state index is 12.1. The van der Waals surface area contributed by atoms with Crippen molar-refractivity contribution in [1.29, 1.82) is 0 Å². The quantitative estimate of drug-likeness (QED) is 0.676. The van der Waals surface area contributed by atoms with Gasteiger partial charge in [-0.3, -0.25) is 0 Å². The zero-order valence-corrected chi connectivity index (χ0v) is 12.0. The minimum Gasteiger partial charge on any atom is -0.497 e. The SMILES string of the molecule is COc1cccc(COC(=O)c2cc(N)ccc2OC)c1. The number of nitrogen functional groups attached to an aromatic ring is 1. The first-order chi connectivity index (χ1) is 10.1. The normalized spacial score (nSPS) is 10.0. The summed E-state index contributed by atoms with van der Waals surface area (Å²) in [5.41, 5.74) is 7.31. The van der Waals surface area contributed by atoms with Crippen LogP contribution in [0.4, 0.5) is 5.69 Å². The molecule has 0 heterocycles. The number of benzene rings is 2. The molecule has 0 atom stereocenters. The van der Waals surface area contributed by atoms with Gasteiger partial charge in [0.1, 0.15) is 23.7 Å². The standard InChI is InChI=1S/C16H17NO4/c1-19-13-5-3-4-11(8-13)10-21-16(18)14-9-12(17)6-7-15(14)20-2/h3-9H,10,17H2,1-2H3. The lowest BCUT2D eigenvalue weighted by molar-refractivity contribution is 0.0469. The number of rotatable bonds is 5. The van der Waals surface area contributed by atoms with Gasteiger partial charge in [-0.05, 0) is 35.9 Å². The summed E-state index contributed by atoms with van der Waals surface area (Å²) in [5, 5.41) is 0. The molecule has 0 bridgehead atoms. The summed E-state index contributed by atoms with van der Waals surface area (Å²) in [5.74, 6) is 0.659. The Morgan fingerprint density at radius 2 is 1.90 bits per heavy atom. The van der Waals surface area contributed by atoms with Crippen LogP contribution in [0, 0.1) is 0 Å². The third kappa shape index (κ3) is 3.66. The van der Waals surface area contributed by atoms with Crippen LogP contribution < -0.4 is 15.2 Å². The van der Waals surface area contributed by atoms with E-state index in [0.717, 1.165) is 5.56 Å². The van der Waals surface area contributed by atoms with Crippen molar-refractivity contribution in [3.63, 3.8) is 0 Å². The van der Waals surface area contributed by atoms with E-state index in [1.807, 2.05) is 24.3 Å². The largest absolute Gasteiger partial charge is 0.497 e. The maximum atomic E-state index is 12.1. The first-order valence-electron chi connectivity index (χ1n) is 6.37. The molecular weight excluding hydrogens is 270 g/mol. The lowest BCUT2D eigenvalue weighted by Gasteiger charge is -2.10. The van der Waals surface area contributed by atoms with Crippen molar-refractivity contribution >= 4 is 11.7 Å². The van der Waals surface area contributed by atoms with Gasteiger partial charge >= 0.3 is 5.97 Å². The van der Waals surface area contributed by atoms with Gasteiger partial charge < -0.3 is 19.9 Å². The summed E-state index contributed by atoms with van der Waals surface area (Å²) in [6.07, 6.45) is 0. The van der Waals surface area contributed by atoms with Gasteiger partial charge in [0.15, 0.2) is 0 Å². The monoisotopic (exact) mass is 287 g/mol. The zero-order chi connectivity index (χ0) is 15.2. The molecule has 5 nitrogen and oxygen atoms in total. The number of esters is 1. The highest BCUT2D eigenvalue weighted by Crippen LogP contribution is 2.22. The molecule has 0 aliphatic heterocycles. The molecule has 0 aliphatic carbocycles. The number of carbonyl (C=O) groups excluding carboxylic acids is 1. The second kappa shape index (κ2) is 6.65. The Hall–Kier alpha value is -2.69. The van der Waals surface area contributed by atoms with E-state index in [1.165, 1.54) is 13.2 Å². The summed E-state index contributed by atoms with van der Waals surface area (Å²) in [6.45, 7) is 0.147. The first-order valence-corrected chi connectivity index (χ1v) is 6.37. The van der Waals surface area contributed by atoms with Gasteiger partial charge in [-0.25, -0.2) is 4.79 Å². The van der Waals surface area contributed by atoms with Crippen molar-refractivity contribution in [3.8, 4) is 11.5 Å². The molecule has 2 rings (SSSR count). The number of ether oxygens (including phenoxy) is 3. The molecule has 0 saturated carbocycles. The Balaban J connectivity index is 2.09. The predicted molar refractivity (Wildman–Crippen MR) is 79.5 cm³/mol. The summed E-state index contributed by atoms with van der Waals surface area (Å²) in [4.78, 5) is 12.1. The fourth-order valence-corrected chi connectivity index (χ4v) is 1.87. The van der Waals surface area contributed by atoms with Gasteiger partial charge in [-0.2, -0.15) is 0 Å². The van der Waals surface area contributed by atoms with Crippen molar-refractivity contribution in [3.05, 3.63) is 53.6 Å². The average Bonchev–Trinajstić information content (AvgIpc) is 2.52. The van der Waals surface area contributed by atoms with Gasteiger partial charge in [0.05, 0.1) is 14.2 Å². The highest BCUT2D eigenvalue weighted by molar-refractivity contribution is 5.93. The van der Waals surface area contributed by atoms with Crippen LogP contribution in [0.5, 0.6) is 11.5 Å². The van der Waals surface area contributed by atoms with Crippen LogP contribution >= 0.6 is 0 Å². The van der Waals surface area contributed by atoms with Crippen molar-refractivity contribution in [1.82, 2.24) is 0 Å². The van der Waals surface area contributed by atoms with E-state index in [-0.39, 0.29) is 6.61 Å². The number of methoxy groups -OCH3 is 2. The molecular formula is C16H17NO4. The fraction of sp³-hybridized carbons (Fsp3) is 0.188. The molecule has 2 aromatic rings. The van der Waals surface area contributed by atoms with Gasteiger partial charge in [0, 0.05) is 5.69 Å². The number of nitrogens with two attached hydrogens (primary N) is 1. The smallest absolute Gasteiger partial charge is 0.342 e. The topological polar surface area (TPSA) is 70.8 Å². The van der Waals surface area contributed by atoms with E-state index < -0.39 is 5.97 Å². The van der Waals surface area contributed by atoms with Crippen LogP contribution in [-0.2, 0) is 11.3 Å². The molecule has 2 aromatic carbocycles. The Morgan fingerprint density at radius 3 is 2.62 bits per heavy atom. The highest BCUT2D eigenvalue weighted by atomic mass is 16.5. The van der Waals surface area contributed by atoms with Crippen LogP contribution in [0.1, 0.15) is 15.9 Å². The van der Waals surface area contributed by atoms with E-state index >= 15 is 0 Å². The molecule has 2 N–H and O–H groups in total. The minimum atomic E-state index is -0.484. The zero-order valence-electron chi connectivity index (χ0n) is 12.0. The van der Waals surface area contributed by atoms with E-state index in [1.54, 1.807) is 19.2 Å². The molecule has 0 amide bonds. The summed E-state index contributed by atoms with van der Waals surface area (Å²) >= 11 is 0. The van der Waals surface area contributed by atoms with Crippen molar-refractivity contribution in [2.75, 3.05) is 20.0 Å². The lowest BCUT2D eigenvalue weighted by atomic mass is 10.2. The molecule has 110 valence electrons. The van der Waals surface area contributed by atoms with Gasteiger partial charge in [-0.1, -0.05) is 12.1 Å². The van der Waals surface area contributed by atoms with Crippen molar-refractivity contribution in [2.45, 2.75) is 6.61 Å². The highest BCUT2D eigenvalue weighted by Gasteiger charge is 2.14. The lowest BCUT2D eigenvalue weighted by Crippen LogP contribution is -2.08. The summed E-state index contributed by atoms with van der Waals surface area (Å²) in [7, 11) is 3.08. The second-order valence-corrected chi connectivity index (χ2v) is 4.39. The van der Waals surface area contributed by atoms with Crippen molar-refractivity contribution < 1.29 is 19.0 Å². The molecule has 0 aliphatic rings. The van der Waals surface area contributed by atoms with Crippen LogP contribution in [0.3, 0.4) is 0 Å². The van der Waals surface area contributed by atoms with Crippen LogP contribution in [0.2, 0.25) is 0 Å². The van der Waals surface area contributed by atoms with Crippen LogP contribution in [0.25, 0.3) is 0 Å². The Morgan fingerprint density at radius 1 is 1.10 bits per heavy atom. The fourth-order valence-electron chi connectivity index (χ4n) is 1.87. The molecule has 0 radical (unpaired) electrons. The Labute approximate surface area is 123 Å². The third-order valence-electron chi connectivity index (χ3n) is 2.95. The third-order valence-corrected chi connectivity index (χ3v) is 2.95. The second-order valence-electron chi connectivity index (χ2n) is 4.39. The molecule has 5 heteroatoms. The van der Waals surface area contributed by atoms with Crippen LogP contribution in [-0.4, -0.2) is 20.2 Å². The van der Waals surface area contributed by atoms with Gasteiger partial charge in [0.25, 0.3) is 0 Å². The predicted octanol–water partition coefficient (Wildman–Crippen LogP) is 2.64. The molecule has 0 saturated heterocycles.